The lowest BCUT2D eigenvalue weighted by molar-refractivity contribution is 0.0593. The first-order valence-corrected chi connectivity index (χ1v) is 7.67. The number of carbonyl (C=O) groups excluding carboxylic acids is 2. The third-order valence-corrected chi connectivity index (χ3v) is 3.42. The molecule has 0 N–H and O–H groups in total. The van der Waals surface area contributed by atoms with E-state index in [1.54, 1.807) is 30.3 Å². The highest BCUT2D eigenvalue weighted by atomic mass is 79.9. The zero-order valence-corrected chi connectivity index (χ0v) is 14.3. The molecule has 0 saturated heterocycles. The van der Waals surface area contributed by atoms with Gasteiger partial charge in [0.1, 0.15) is 17.1 Å². The lowest BCUT2D eigenvalue weighted by Crippen LogP contribution is -2.12. The molecular weight excluding hydrogens is 364 g/mol. The van der Waals surface area contributed by atoms with Crippen molar-refractivity contribution in [3.05, 3.63) is 58.1 Å². The molecule has 0 aliphatic rings. The van der Waals surface area contributed by atoms with Crippen LogP contribution in [0.25, 0.3) is 0 Å². The van der Waals surface area contributed by atoms with Gasteiger partial charge in [0.2, 0.25) is 0 Å². The van der Waals surface area contributed by atoms with Gasteiger partial charge in [0.05, 0.1) is 19.3 Å². The molecule has 0 radical (unpaired) electrons. The molecule has 0 saturated carbocycles. The Morgan fingerprint density at radius 2 is 1.87 bits per heavy atom. The van der Waals surface area contributed by atoms with Gasteiger partial charge < -0.3 is 14.2 Å². The van der Waals surface area contributed by atoms with Gasteiger partial charge in [-0.2, -0.15) is 0 Å². The van der Waals surface area contributed by atoms with E-state index in [9.17, 15) is 9.59 Å². The van der Waals surface area contributed by atoms with E-state index in [-0.39, 0.29) is 11.3 Å². The molecule has 0 spiro atoms. The summed E-state index contributed by atoms with van der Waals surface area (Å²) in [5.41, 5.74) is 0.492. The maximum absolute atomic E-state index is 12.3. The first-order valence-electron chi connectivity index (χ1n) is 6.88. The van der Waals surface area contributed by atoms with E-state index in [2.05, 4.69) is 15.9 Å². The molecule has 0 amide bonds. The number of hydrogen-bond donors (Lipinski definition) is 0. The molecule has 0 atom stereocenters. The van der Waals surface area contributed by atoms with E-state index >= 15 is 0 Å². The number of rotatable bonds is 5. The number of esters is 2. The molecule has 6 heteroatoms. The minimum absolute atomic E-state index is 0.131. The molecule has 2 rings (SSSR count). The second-order valence-corrected chi connectivity index (χ2v) is 5.40. The number of hydrogen-bond acceptors (Lipinski definition) is 5. The highest BCUT2D eigenvalue weighted by molar-refractivity contribution is 9.10. The lowest BCUT2D eigenvalue weighted by atomic mass is 10.2. The molecule has 5 nitrogen and oxygen atoms in total. The van der Waals surface area contributed by atoms with Crippen molar-refractivity contribution in [3.8, 4) is 11.5 Å². The van der Waals surface area contributed by atoms with Crippen molar-refractivity contribution in [2.45, 2.75) is 6.92 Å². The van der Waals surface area contributed by atoms with Gasteiger partial charge in [0.25, 0.3) is 0 Å². The Kier molecular flexibility index (Phi) is 5.76. The Morgan fingerprint density at radius 3 is 2.57 bits per heavy atom. The van der Waals surface area contributed by atoms with Crippen LogP contribution < -0.4 is 9.47 Å². The zero-order valence-electron chi connectivity index (χ0n) is 12.7. The quantitative estimate of drug-likeness (QED) is 0.583. The van der Waals surface area contributed by atoms with E-state index < -0.39 is 11.9 Å². The average Bonchev–Trinajstić information content (AvgIpc) is 2.56. The van der Waals surface area contributed by atoms with Crippen molar-refractivity contribution in [1.29, 1.82) is 0 Å². The van der Waals surface area contributed by atoms with E-state index in [1.165, 1.54) is 19.2 Å². The van der Waals surface area contributed by atoms with Gasteiger partial charge in [-0.05, 0) is 43.3 Å². The second kappa shape index (κ2) is 7.78. The Bertz CT molecular complexity index is 727. The fourth-order valence-electron chi connectivity index (χ4n) is 1.90. The van der Waals surface area contributed by atoms with Gasteiger partial charge in [-0.25, -0.2) is 9.59 Å². The first-order chi connectivity index (χ1) is 11.0. The number of carbonyl (C=O) groups is 2. The minimum Gasteiger partial charge on any atom is -0.494 e. The monoisotopic (exact) mass is 378 g/mol. The third-order valence-electron chi connectivity index (χ3n) is 2.93. The molecule has 0 aromatic heterocycles. The molecular formula is C17H15BrO5. The maximum Gasteiger partial charge on any atom is 0.343 e. The standard InChI is InChI=1S/C17H15BrO5/c1-3-22-13-6-4-5-11(9-13)16(19)23-15-8-7-12(18)10-14(15)17(20)21-2/h4-10H,3H2,1-2H3. The van der Waals surface area contributed by atoms with Crippen LogP contribution in [0.3, 0.4) is 0 Å². The van der Waals surface area contributed by atoms with Crippen LogP contribution in [-0.4, -0.2) is 25.7 Å². The van der Waals surface area contributed by atoms with Crippen molar-refractivity contribution in [2.75, 3.05) is 13.7 Å². The summed E-state index contributed by atoms with van der Waals surface area (Å²) in [5.74, 6) is -0.464. The normalized spacial score (nSPS) is 10.0. The molecule has 0 heterocycles. The van der Waals surface area contributed by atoms with E-state index in [0.29, 0.717) is 22.4 Å². The summed E-state index contributed by atoms with van der Waals surface area (Å²) in [6.45, 7) is 2.35. The number of ether oxygens (including phenoxy) is 3. The van der Waals surface area contributed by atoms with Crippen molar-refractivity contribution < 1.29 is 23.8 Å². The average molecular weight is 379 g/mol. The predicted molar refractivity (Wildman–Crippen MR) is 88.1 cm³/mol. The van der Waals surface area contributed by atoms with Crippen molar-refractivity contribution >= 4 is 27.9 Å². The van der Waals surface area contributed by atoms with Crippen molar-refractivity contribution in [1.82, 2.24) is 0 Å². The first kappa shape index (κ1) is 17.0. The van der Waals surface area contributed by atoms with Gasteiger partial charge in [0, 0.05) is 4.47 Å². The van der Waals surface area contributed by atoms with Gasteiger partial charge >= 0.3 is 11.9 Å². The van der Waals surface area contributed by atoms with Crippen molar-refractivity contribution in [3.63, 3.8) is 0 Å². The predicted octanol–water partition coefficient (Wildman–Crippen LogP) is 3.85. The minimum atomic E-state index is -0.586. The highest BCUT2D eigenvalue weighted by Gasteiger charge is 2.17. The number of methoxy groups -OCH3 is 1. The van der Waals surface area contributed by atoms with E-state index in [1.807, 2.05) is 6.92 Å². The van der Waals surface area contributed by atoms with E-state index in [0.717, 1.165) is 0 Å². The summed E-state index contributed by atoms with van der Waals surface area (Å²) in [6.07, 6.45) is 0. The molecule has 0 fully saturated rings. The number of benzene rings is 2. The Morgan fingerprint density at radius 1 is 1.09 bits per heavy atom. The zero-order chi connectivity index (χ0) is 16.8. The van der Waals surface area contributed by atoms with Crippen LogP contribution in [0, 0.1) is 0 Å². The summed E-state index contributed by atoms with van der Waals surface area (Å²) in [5, 5.41) is 0. The van der Waals surface area contributed by atoms with Gasteiger partial charge in [-0.1, -0.05) is 22.0 Å². The fourth-order valence-corrected chi connectivity index (χ4v) is 2.26. The summed E-state index contributed by atoms with van der Waals surface area (Å²) < 4.78 is 16.1. The number of halogens is 1. The van der Waals surface area contributed by atoms with Crippen LogP contribution >= 0.6 is 15.9 Å². The molecule has 23 heavy (non-hydrogen) atoms. The van der Waals surface area contributed by atoms with Gasteiger partial charge in [-0.3, -0.25) is 0 Å². The fraction of sp³-hybridized carbons (Fsp3) is 0.176. The molecule has 0 aliphatic heterocycles. The molecule has 0 unspecified atom stereocenters. The van der Waals surface area contributed by atoms with Crippen LogP contribution in [0.2, 0.25) is 0 Å². The summed E-state index contributed by atoms with van der Waals surface area (Å²) in [7, 11) is 1.26. The summed E-state index contributed by atoms with van der Waals surface area (Å²) in [4.78, 5) is 24.1. The van der Waals surface area contributed by atoms with Crippen LogP contribution in [-0.2, 0) is 4.74 Å². The van der Waals surface area contributed by atoms with E-state index in [4.69, 9.17) is 14.2 Å². The maximum atomic E-state index is 12.3. The van der Waals surface area contributed by atoms with Crippen LogP contribution in [0.5, 0.6) is 11.5 Å². The molecule has 0 bridgehead atoms. The highest BCUT2D eigenvalue weighted by Crippen LogP contribution is 2.25. The third kappa shape index (κ3) is 4.32. The van der Waals surface area contributed by atoms with Gasteiger partial charge in [-0.15, -0.1) is 0 Å². The molecule has 2 aromatic carbocycles. The smallest absolute Gasteiger partial charge is 0.343 e. The van der Waals surface area contributed by atoms with Gasteiger partial charge in [0.15, 0.2) is 0 Å². The SMILES string of the molecule is CCOc1cccc(C(=O)Oc2ccc(Br)cc2C(=O)OC)c1. The Labute approximate surface area is 142 Å². The Balaban J connectivity index is 2.26. The summed E-state index contributed by atoms with van der Waals surface area (Å²) in [6, 6.07) is 11.4. The molecule has 2 aromatic rings. The Hall–Kier alpha value is -2.34. The lowest BCUT2D eigenvalue weighted by Gasteiger charge is -2.10. The molecule has 0 aliphatic carbocycles. The largest absolute Gasteiger partial charge is 0.494 e. The van der Waals surface area contributed by atoms with Crippen molar-refractivity contribution in [2.24, 2.45) is 0 Å². The van der Waals surface area contributed by atoms with Crippen LogP contribution in [0.15, 0.2) is 46.9 Å². The second-order valence-electron chi connectivity index (χ2n) is 4.48. The molecule has 120 valence electrons. The topological polar surface area (TPSA) is 61.8 Å². The van der Waals surface area contributed by atoms with Crippen LogP contribution in [0.4, 0.5) is 0 Å². The van der Waals surface area contributed by atoms with Crippen LogP contribution in [0.1, 0.15) is 27.6 Å². The summed E-state index contributed by atoms with van der Waals surface area (Å²) >= 11 is 3.27.